The quantitative estimate of drug-likeness (QED) is 0.716. The van der Waals surface area contributed by atoms with Gasteiger partial charge in [0.2, 0.25) is 0 Å². The van der Waals surface area contributed by atoms with Gasteiger partial charge in [-0.05, 0) is 42.4 Å². The summed E-state index contributed by atoms with van der Waals surface area (Å²) in [4.78, 5) is 0. The van der Waals surface area contributed by atoms with Crippen LogP contribution in [0.4, 0.5) is 0 Å². The van der Waals surface area contributed by atoms with Crippen LogP contribution in [-0.2, 0) is 0 Å². The van der Waals surface area contributed by atoms with Crippen molar-refractivity contribution in [2.45, 2.75) is 46.0 Å². The molecule has 0 N–H and O–H groups in total. The minimum atomic E-state index is 0.575. The van der Waals surface area contributed by atoms with Crippen molar-refractivity contribution in [3.63, 3.8) is 0 Å². The lowest BCUT2D eigenvalue weighted by atomic mass is 10.0. The minimum Gasteiger partial charge on any atom is -0.493 e. The first-order valence-electron chi connectivity index (χ1n) is 6.40. The second-order valence-electron chi connectivity index (χ2n) is 5.26. The van der Waals surface area contributed by atoms with E-state index in [-0.39, 0.29) is 0 Å². The molecule has 0 aromatic heterocycles. The summed E-state index contributed by atoms with van der Waals surface area (Å²) in [7, 11) is 0. The van der Waals surface area contributed by atoms with Crippen molar-refractivity contribution < 1.29 is 4.74 Å². The number of benzene rings is 1. The van der Waals surface area contributed by atoms with E-state index in [4.69, 9.17) is 4.74 Å². The number of ether oxygens (including phenoxy) is 1. The van der Waals surface area contributed by atoms with Gasteiger partial charge in [-0.1, -0.05) is 38.8 Å². The van der Waals surface area contributed by atoms with Gasteiger partial charge in [-0.25, -0.2) is 0 Å². The monoisotopic (exact) mass is 218 g/mol. The predicted molar refractivity (Wildman–Crippen MR) is 68.1 cm³/mol. The Bertz CT molecular complexity index is 350. The Balaban J connectivity index is 1.96. The van der Waals surface area contributed by atoms with Crippen LogP contribution in [0, 0.1) is 12.8 Å². The summed E-state index contributed by atoms with van der Waals surface area (Å²) >= 11 is 0. The molecule has 0 bridgehead atoms. The molecule has 0 heterocycles. The Morgan fingerprint density at radius 3 is 2.69 bits per heavy atom. The van der Waals surface area contributed by atoms with E-state index in [1.807, 2.05) is 0 Å². The zero-order valence-corrected chi connectivity index (χ0v) is 10.6. The van der Waals surface area contributed by atoms with Crippen molar-refractivity contribution in [2.24, 2.45) is 5.92 Å². The first-order valence-corrected chi connectivity index (χ1v) is 6.40. The van der Waals surface area contributed by atoms with E-state index in [9.17, 15) is 0 Å². The maximum Gasteiger partial charge on any atom is 0.122 e. The summed E-state index contributed by atoms with van der Waals surface area (Å²) in [6, 6.07) is 6.57. The molecule has 1 fully saturated rings. The van der Waals surface area contributed by atoms with Gasteiger partial charge in [-0.2, -0.15) is 0 Å². The van der Waals surface area contributed by atoms with Crippen LogP contribution in [0.1, 0.15) is 50.2 Å². The van der Waals surface area contributed by atoms with Crippen LogP contribution in [-0.4, -0.2) is 6.61 Å². The largest absolute Gasteiger partial charge is 0.493 e. The Morgan fingerprint density at radius 1 is 1.31 bits per heavy atom. The van der Waals surface area contributed by atoms with Gasteiger partial charge in [-0.15, -0.1) is 0 Å². The maximum absolute atomic E-state index is 5.88. The summed E-state index contributed by atoms with van der Waals surface area (Å²) in [5.41, 5.74) is 2.62. The number of rotatable bonds is 5. The van der Waals surface area contributed by atoms with E-state index in [0.29, 0.717) is 5.92 Å². The third-order valence-corrected chi connectivity index (χ3v) is 3.36. The van der Waals surface area contributed by atoms with Crippen molar-refractivity contribution in [2.75, 3.05) is 6.61 Å². The molecule has 0 amide bonds. The van der Waals surface area contributed by atoms with Crippen molar-refractivity contribution in [3.05, 3.63) is 29.3 Å². The molecule has 0 radical (unpaired) electrons. The average Bonchev–Trinajstić information content (AvgIpc) is 3.04. The third-order valence-electron chi connectivity index (χ3n) is 3.36. The van der Waals surface area contributed by atoms with Crippen molar-refractivity contribution >= 4 is 0 Å². The summed E-state index contributed by atoms with van der Waals surface area (Å²) in [5, 5.41) is 0. The number of hydrogen-bond acceptors (Lipinski definition) is 1. The fourth-order valence-corrected chi connectivity index (χ4v) is 1.87. The van der Waals surface area contributed by atoms with Gasteiger partial charge in [-0.3, -0.25) is 0 Å². The van der Waals surface area contributed by atoms with Crippen LogP contribution >= 0.6 is 0 Å². The Kier molecular flexibility index (Phi) is 3.52. The molecule has 0 spiro atoms. The fraction of sp³-hybridized carbons (Fsp3) is 0.600. The van der Waals surface area contributed by atoms with Crippen molar-refractivity contribution in [1.82, 2.24) is 0 Å². The van der Waals surface area contributed by atoms with Crippen LogP contribution < -0.4 is 4.74 Å². The highest BCUT2D eigenvalue weighted by atomic mass is 16.5. The molecule has 1 aromatic carbocycles. The second kappa shape index (κ2) is 4.90. The summed E-state index contributed by atoms with van der Waals surface area (Å²) in [6.45, 7) is 7.45. The lowest BCUT2D eigenvalue weighted by molar-refractivity contribution is 0.300. The van der Waals surface area contributed by atoms with E-state index in [1.165, 1.54) is 30.4 Å². The van der Waals surface area contributed by atoms with E-state index in [1.54, 1.807) is 0 Å². The third kappa shape index (κ3) is 3.01. The molecule has 1 saturated carbocycles. The first kappa shape index (κ1) is 11.5. The molecule has 0 aliphatic heterocycles. The van der Waals surface area contributed by atoms with Crippen molar-refractivity contribution in [1.29, 1.82) is 0 Å². The van der Waals surface area contributed by atoms with Gasteiger partial charge in [0, 0.05) is 0 Å². The highest BCUT2D eigenvalue weighted by Crippen LogP contribution is 2.32. The van der Waals surface area contributed by atoms with Gasteiger partial charge in [0.15, 0.2) is 0 Å². The molecule has 0 saturated heterocycles. The standard InChI is InChI=1S/C15H22O/c1-11(2)14-7-4-12(3)15(10-14)16-9-8-13-5-6-13/h4,7,10-11,13H,5-6,8-9H2,1-3H3. The van der Waals surface area contributed by atoms with Gasteiger partial charge < -0.3 is 4.74 Å². The van der Waals surface area contributed by atoms with Crippen LogP contribution in [0.25, 0.3) is 0 Å². The topological polar surface area (TPSA) is 9.23 Å². The molecule has 1 aromatic rings. The molecule has 0 atom stereocenters. The average molecular weight is 218 g/mol. The van der Waals surface area contributed by atoms with E-state index in [0.717, 1.165) is 18.3 Å². The first-order chi connectivity index (χ1) is 7.66. The molecule has 1 nitrogen and oxygen atoms in total. The molecule has 88 valence electrons. The predicted octanol–water partition coefficient (Wildman–Crippen LogP) is 4.30. The van der Waals surface area contributed by atoms with E-state index >= 15 is 0 Å². The maximum atomic E-state index is 5.88. The van der Waals surface area contributed by atoms with Crippen LogP contribution in [0.15, 0.2) is 18.2 Å². The Hall–Kier alpha value is -0.980. The molecule has 2 rings (SSSR count). The second-order valence-corrected chi connectivity index (χ2v) is 5.26. The molecular formula is C15H22O. The lowest BCUT2D eigenvalue weighted by Crippen LogP contribution is -2.00. The van der Waals surface area contributed by atoms with Gasteiger partial charge >= 0.3 is 0 Å². The van der Waals surface area contributed by atoms with Crippen LogP contribution in [0.5, 0.6) is 5.75 Å². The van der Waals surface area contributed by atoms with Gasteiger partial charge in [0.1, 0.15) is 5.75 Å². The highest BCUT2D eigenvalue weighted by molar-refractivity contribution is 5.37. The zero-order chi connectivity index (χ0) is 11.5. The van der Waals surface area contributed by atoms with Crippen LogP contribution in [0.2, 0.25) is 0 Å². The summed E-state index contributed by atoms with van der Waals surface area (Å²) in [5.74, 6) is 2.60. The smallest absolute Gasteiger partial charge is 0.122 e. The molecule has 16 heavy (non-hydrogen) atoms. The van der Waals surface area contributed by atoms with Gasteiger partial charge in [0.05, 0.1) is 6.61 Å². The van der Waals surface area contributed by atoms with Crippen molar-refractivity contribution in [3.8, 4) is 5.75 Å². The number of hydrogen-bond donors (Lipinski definition) is 0. The van der Waals surface area contributed by atoms with E-state index in [2.05, 4.69) is 39.0 Å². The number of aryl methyl sites for hydroxylation is 1. The lowest BCUT2D eigenvalue weighted by Gasteiger charge is -2.12. The Morgan fingerprint density at radius 2 is 2.06 bits per heavy atom. The zero-order valence-electron chi connectivity index (χ0n) is 10.6. The molecule has 0 unspecified atom stereocenters. The van der Waals surface area contributed by atoms with Crippen LogP contribution in [0.3, 0.4) is 0 Å². The highest BCUT2D eigenvalue weighted by Gasteiger charge is 2.20. The summed E-state index contributed by atoms with van der Waals surface area (Å²) < 4.78 is 5.88. The van der Waals surface area contributed by atoms with Gasteiger partial charge in [0.25, 0.3) is 0 Å². The molecule has 1 aliphatic carbocycles. The summed E-state index contributed by atoms with van der Waals surface area (Å²) in [6.07, 6.45) is 4.05. The minimum absolute atomic E-state index is 0.575. The Labute approximate surface area is 98.8 Å². The molecule has 1 heteroatoms. The normalized spacial score (nSPS) is 15.5. The molecular weight excluding hydrogens is 196 g/mol. The van der Waals surface area contributed by atoms with E-state index < -0.39 is 0 Å². The SMILES string of the molecule is Cc1ccc(C(C)C)cc1OCCC1CC1. The molecule has 1 aliphatic rings. The fourth-order valence-electron chi connectivity index (χ4n) is 1.87.